The van der Waals surface area contributed by atoms with E-state index in [1.807, 2.05) is 24.3 Å². The summed E-state index contributed by atoms with van der Waals surface area (Å²) < 4.78 is 19.9. The van der Waals surface area contributed by atoms with Crippen LogP contribution in [0, 0.1) is 12.7 Å². The maximum atomic E-state index is 13.5. The number of aryl methyl sites for hydroxylation is 1. The summed E-state index contributed by atoms with van der Waals surface area (Å²) in [6.45, 7) is 1.66. The van der Waals surface area contributed by atoms with Gasteiger partial charge in [-0.25, -0.2) is 4.39 Å². The molecular weight excluding hydrogens is 409 g/mol. The van der Waals surface area contributed by atoms with E-state index in [1.165, 1.54) is 6.07 Å². The molecule has 25 heavy (non-hydrogen) atoms. The van der Waals surface area contributed by atoms with Crippen molar-refractivity contribution in [3.8, 4) is 11.5 Å². The minimum absolute atomic E-state index is 0.0765. The average molecular weight is 422 g/mol. The number of rotatable bonds is 5. The number of amides is 1. The zero-order chi connectivity index (χ0) is 17.8. The number of halogens is 2. The lowest BCUT2D eigenvalue weighted by molar-refractivity contribution is -0.113. The molecule has 0 radical (unpaired) electrons. The predicted molar refractivity (Wildman–Crippen MR) is 97.9 cm³/mol. The van der Waals surface area contributed by atoms with Crippen molar-refractivity contribution in [3.05, 3.63) is 58.3 Å². The van der Waals surface area contributed by atoms with Crippen LogP contribution in [0.25, 0.3) is 11.5 Å². The van der Waals surface area contributed by atoms with Gasteiger partial charge in [0, 0.05) is 10.2 Å². The van der Waals surface area contributed by atoms with Gasteiger partial charge in [-0.05, 0) is 52.7 Å². The number of nitrogens with zero attached hydrogens (tertiary/aromatic N) is 2. The lowest BCUT2D eigenvalue weighted by Gasteiger charge is -2.05. The molecule has 0 aliphatic heterocycles. The number of hydrogen-bond acceptors (Lipinski definition) is 5. The fraction of sp³-hybridized carbons (Fsp3) is 0.118. The van der Waals surface area contributed by atoms with E-state index >= 15 is 0 Å². The Bertz CT molecular complexity index is 916. The first-order chi connectivity index (χ1) is 12.0. The zero-order valence-electron chi connectivity index (χ0n) is 13.1. The molecule has 0 atom stereocenters. The first-order valence-corrected chi connectivity index (χ1v) is 9.08. The molecule has 128 valence electrons. The number of aromatic nitrogens is 2. The third-order valence-electron chi connectivity index (χ3n) is 3.29. The van der Waals surface area contributed by atoms with E-state index < -0.39 is 0 Å². The molecule has 1 amide bonds. The molecule has 1 N–H and O–H groups in total. The number of thioether (sulfide) groups is 1. The number of nitrogens with one attached hydrogen (secondary N) is 1. The van der Waals surface area contributed by atoms with Gasteiger partial charge >= 0.3 is 0 Å². The van der Waals surface area contributed by atoms with Gasteiger partial charge in [0.2, 0.25) is 11.8 Å². The molecule has 2 aromatic carbocycles. The second kappa shape index (κ2) is 7.79. The molecule has 0 unspecified atom stereocenters. The SMILES string of the molecule is Cc1ccc(NC(=O)CSc2nnc(-c3ccccc3Br)o2)cc1F. The maximum absolute atomic E-state index is 13.5. The van der Waals surface area contributed by atoms with E-state index in [0.29, 0.717) is 17.1 Å². The van der Waals surface area contributed by atoms with Gasteiger partial charge in [-0.15, -0.1) is 10.2 Å². The summed E-state index contributed by atoms with van der Waals surface area (Å²) in [5.74, 6) is -0.196. The highest BCUT2D eigenvalue weighted by Gasteiger charge is 2.13. The highest BCUT2D eigenvalue weighted by molar-refractivity contribution is 9.10. The normalized spacial score (nSPS) is 10.7. The lowest BCUT2D eigenvalue weighted by Crippen LogP contribution is -2.14. The highest BCUT2D eigenvalue weighted by Crippen LogP contribution is 2.29. The summed E-state index contributed by atoms with van der Waals surface area (Å²) in [4.78, 5) is 12.0. The Labute approximate surface area is 156 Å². The van der Waals surface area contributed by atoms with Crippen molar-refractivity contribution in [2.24, 2.45) is 0 Å². The van der Waals surface area contributed by atoms with Gasteiger partial charge in [-0.3, -0.25) is 4.79 Å². The zero-order valence-corrected chi connectivity index (χ0v) is 15.5. The maximum Gasteiger partial charge on any atom is 0.277 e. The van der Waals surface area contributed by atoms with Crippen molar-refractivity contribution in [2.45, 2.75) is 12.1 Å². The van der Waals surface area contributed by atoms with Crippen LogP contribution in [-0.2, 0) is 4.79 Å². The Morgan fingerprint density at radius 2 is 2.08 bits per heavy atom. The lowest BCUT2D eigenvalue weighted by atomic mass is 10.2. The molecule has 0 spiro atoms. The van der Waals surface area contributed by atoms with Crippen molar-refractivity contribution in [3.63, 3.8) is 0 Å². The van der Waals surface area contributed by atoms with Gasteiger partial charge in [-0.1, -0.05) is 30.0 Å². The van der Waals surface area contributed by atoms with Crippen LogP contribution in [0.15, 0.2) is 56.6 Å². The Balaban J connectivity index is 1.59. The van der Waals surface area contributed by atoms with E-state index in [4.69, 9.17) is 4.42 Å². The van der Waals surface area contributed by atoms with E-state index in [2.05, 4.69) is 31.4 Å². The van der Waals surface area contributed by atoms with E-state index in [9.17, 15) is 9.18 Å². The molecule has 3 rings (SSSR count). The molecule has 0 aliphatic carbocycles. The molecular formula is C17H13BrFN3O2S. The van der Waals surface area contributed by atoms with Crippen molar-refractivity contribution in [2.75, 3.05) is 11.1 Å². The number of carbonyl (C=O) groups is 1. The minimum Gasteiger partial charge on any atom is -0.411 e. The molecule has 1 aromatic heterocycles. The van der Waals surface area contributed by atoms with Crippen LogP contribution in [-0.4, -0.2) is 21.9 Å². The fourth-order valence-corrected chi connectivity index (χ4v) is 3.02. The molecule has 0 fully saturated rings. The van der Waals surface area contributed by atoms with Crippen LogP contribution in [0.1, 0.15) is 5.56 Å². The third-order valence-corrected chi connectivity index (χ3v) is 4.80. The van der Waals surface area contributed by atoms with Gasteiger partial charge in [0.05, 0.1) is 11.3 Å². The summed E-state index contributed by atoms with van der Waals surface area (Å²) >= 11 is 4.54. The van der Waals surface area contributed by atoms with Crippen molar-refractivity contribution in [1.82, 2.24) is 10.2 Å². The quantitative estimate of drug-likeness (QED) is 0.605. The summed E-state index contributed by atoms with van der Waals surface area (Å²) in [5.41, 5.74) is 1.72. The Hall–Kier alpha value is -2.19. The smallest absolute Gasteiger partial charge is 0.277 e. The molecule has 0 saturated heterocycles. The van der Waals surface area contributed by atoms with Crippen molar-refractivity contribution in [1.29, 1.82) is 0 Å². The van der Waals surface area contributed by atoms with Gasteiger partial charge in [0.25, 0.3) is 5.22 Å². The van der Waals surface area contributed by atoms with Gasteiger partial charge in [0.1, 0.15) is 5.82 Å². The number of hydrogen-bond donors (Lipinski definition) is 1. The molecule has 0 aliphatic rings. The van der Waals surface area contributed by atoms with Crippen LogP contribution in [0.4, 0.5) is 10.1 Å². The van der Waals surface area contributed by atoms with Gasteiger partial charge < -0.3 is 9.73 Å². The Kier molecular flexibility index (Phi) is 5.50. The number of anilines is 1. The number of benzene rings is 2. The molecule has 8 heteroatoms. The summed E-state index contributed by atoms with van der Waals surface area (Å²) in [6, 6.07) is 12.0. The van der Waals surface area contributed by atoms with E-state index in [1.54, 1.807) is 19.1 Å². The first kappa shape index (κ1) is 17.6. The van der Waals surface area contributed by atoms with Crippen LogP contribution in [0.3, 0.4) is 0 Å². The standard InChI is InChI=1S/C17H13BrFN3O2S/c1-10-6-7-11(8-14(10)19)20-15(23)9-25-17-22-21-16(24-17)12-4-2-3-5-13(12)18/h2-8H,9H2,1H3,(H,20,23). The Morgan fingerprint density at radius 3 is 2.84 bits per heavy atom. The Morgan fingerprint density at radius 1 is 1.28 bits per heavy atom. The largest absolute Gasteiger partial charge is 0.411 e. The number of carbonyl (C=O) groups excluding carboxylic acids is 1. The van der Waals surface area contributed by atoms with Crippen molar-refractivity contribution < 1.29 is 13.6 Å². The second-order valence-corrected chi connectivity index (χ2v) is 6.93. The van der Waals surface area contributed by atoms with E-state index in [-0.39, 0.29) is 22.7 Å². The van der Waals surface area contributed by atoms with Crippen LogP contribution >= 0.6 is 27.7 Å². The highest BCUT2D eigenvalue weighted by atomic mass is 79.9. The molecule has 0 bridgehead atoms. The molecule has 0 saturated carbocycles. The van der Waals surface area contributed by atoms with Crippen LogP contribution in [0.5, 0.6) is 0 Å². The monoisotopic (exact) mass is 421 g/mol. The van der Waals surface area contributed by atoms with Crippen LogP contribution < -0.4 is 5.32 Å². The summed E-state index contributed by atoms with van der Waals surface area (Å²) in [5, 5.41) is 10.8. The minimum atomic E-state index is -0.361. The predicted octanol–water partition coefficient (Wildman–Crippen LogP) is 4.68. The first-order valence-electron chi connectivity index (χ1n) is 7.30. The molecule has 5 nitrogen and oxygen atoms in total. The summed E-state index contributed by atoms with van der Waals surface area (Å²) in [7, 11) is 0. The second-order valence-electron chi connectivity index (χ2n) is 5.15. The topological polar surface area (TPSA) is 68.0 Å². The van der Waals surface area contributed by atoms with Crippen molar-refractivity contribution >= 4 is 39.3 Å². The van der Waals surface area contributed by atoms with Gasteiger partial charge in [-0.2, -0.15) is 0 Å². The third kappa shape index (κ3) is 4.46. The van der Waals surface area contributed by atoms with E-state index in [0.717, 1.165) is 21.8 Å². The van der Waals surface area contributed by atoms with Crippen LogP contribution in [0.2, 0.25) is 0 Å². The fourth-order valence-electron chi connectivity index (χ4n) is 2.01. The molecule has 1 heterocycles. The molecule has 3 aromatic rings. The summed E-state index contributed by atoms with van der Waals surface area (Å²) in [6.07, 6.45) is 0. The van der Waals surface area contributed by atoms with Gasteiger partial charge in [0.15, 0.2) is 0 Å². The average Bonchev–Trinajstić information content (AvgIpc) is 3.05.